The van der Waals surface area contributed by atoms with Crippen molar-refractivity contribution in [1.29, 1.82) is 0 Å². The van der Waals surface area contributed by atoms with Gasteiger partial charge in [0.25, 0.3) is 0 Å². The fourth-order valence-corrected chi connectivity index (χ4v) is 3.48. The third kappa shape index (κ3) is 22.0. The molecule has 0 aliphatic carbocycles. The van der Waals surface area contributed by atoms with Crippen molar-refractivity contribution in [3.05, 3.63) is 0 Å². The van der Waals surface area contributed by atoms with E-state index in [0.717, 1.165) is 12.8 Å². The molecule has 0 bridgehead atoms. The topological polar surface area (TPSA) is 75.7 Å². The lowest BCUT2D eigenvalue weighted by molar-refractivity contribution is -0.0673. The molecule has 27 heavy (non-hydrogen) atoms. The minimum Gasteiger partial charge on any atom is -0.396 e. The lowest BCUT2D eigenvalue weighted by Crippen LogP contribution is -2.42. The first-order valence-electron chi connectivity index (χ1n) is 11.7. The van der Waals surface area contributed by atoms with Crippen molar-refractivity contribution in [1.82, 2.24) is 0 Å². The molecule has 0 aromatic rings. The van der Waals surface area contributed by atoms with Gasteiger partial charge < -0.3 is 20.7 Å². The first-order chi connectivity index (χ1) is 13.0. The molecule has 0 aliphatic heterocycles. The molecule has 4 N–H and O–H groups in total. The van der Waals surface area contributed by atoms with Crippen LogP contribution in [-0.2, 0) is 4.74 Å². The van der Waals surface area contributed by atoms with Crippen molar-refractivity contribution in [3.8, 4) is 0 Å². The van der Waals surface area contributed by atoms with Gasteiger partial charge in [-0.1, -0.05) is 103 Å². The highest BCUT2D eigenvalue weighted by Crippen LogP contribution is 2.15. The minimum absolute atomic E-state index is 0.00648. The normalized spacial score (nSPS) is 15.0. The van der Waals surface area contributed by atoms with E-state index < -0.39 is 5.72 Å². The van der Waals surface area contributed by atoms with E-state index in [1.165, 1.54) is 96.8 Å². The van der Waals surface area contributed by atoms with Gasteiger partial charge >= 0.3 is 0 Å². The van der Waals surface area contributed by atoms with Crippen LogP contribution >= 0.6 is 0 Å². The van der Waals surface area contributed by atoms with E-state index in [2.05, 4.69) is 6.92 Å². The maximum atomic E-state index is 9.53. The van der Waals surface area contributed by atoms with Crippen molar-refractivity contribution in [2.45, 2.75) is 135 Å². The van der Waals surface area contributed by atoms with Crippen molar-refractivity contribution in [2.24, 2.45) is 5.73 Å². The van der Waals surface area contributed by atoms with Gasteiger partial charge in [-0.2, -0.15) is 0 Å². The van der Waals surface area contributed by atoms with E-state index in [1.807, 2.05) is 0 Å². The Hall–Kier alpha value is -0.160. The minimum atomic E-state index is -1.29. The summed E-state index contributed by atoms with van der Waals surface area (Å²) >= 11 is 0. The highest BCUT2D eigenvalue weighted by Gasteiger charge is 2.17. The van der Waals surface area contributed by atoms with Crippen LogP contribution in [0.25, 0.3) is 0 Å². The number of aliphatic hydroxyl groups excluding tert-OH is 1. The lowest BCUT2D eigenvalue weighted by atomic mass is 10.0. The second kappa shape index (κ2) is 19.2. The largest absolute Gasteiger partial charge is 0.396 e. The van der Waals surface area contributed by atoms with E-state index in [-0.39, 0.29) is 19.3 Å². The molecule has 0 aromatic carbocycles. The molecule has 0 aromatic heterocycles. The van der Waals surface area contributed by atoms with Crippen LogP contribution in [0.3, 0.4) is 0 Å². The molecule has 0 saturated heterocycles. The van der Waals surface area contributed by atoms with Gasteiger partial charge in [-0.05, 0) is 19.8 Å². The van der Waals surface area contributed by atoms with Crippen LogP contribution in [0, 0.1) is 0 Å². The number of nitrogens with two attached hydrogens (primary N) is 1. The maximum absolute atomic E-state index is 9.53. The second-order valence-corrected chi connectivity index (χ2v) is 8.54. The molecule has 0 aliphatic rings. The smallest absolute Gasteiger partial charge is 0.134 e. The molecular formula is C23H49NO3. The molecule has 2 unspecified atom stereocenters. The summed E-state index contributed by atoms with van der Waals surface area (Å²) in [7, 11) is 0. The molecule has 0 amide bonds. The van der Waals surface area contributed by atoms with Crippen LogP contribution in [0.4, 0.5) is 0 Å². The molecule has 164 valence electrons. The van der Waals surface area contributed by atoms with E-state index in [4.69, 9.17) is 15.6 Å². The van der Waals surface area contributed by atoms with Gasteiger partial charge in [0.1, 0.15) is 5.72 Å². The van der Waals surface area contributed by atoms with E-state index in [9.17, 15) is 5.11 Å². The summed E-state index contributed by atoms with van der Waals surface area (Å²) in [4.78, 5) is 0. The first-order valence-corrected chi connectivity index (χ1v) is 11.7. The molecule has 4 nitrogen and oxygen atoms in total. The summed E-state index contributed by atoms with van der Waals surface area (Å²) in [6.07, 6.45) is 22.0. The molecule has 0 rings (SSSR count). The van der Waals surface area contributed by atoms with Gasteiger partial charge in [0.15, 0.2) is 0 Å². The van der Waals surface area contributed by atoms with Gasteiger partial charge in [0, 0.05) is 6.61 Å². The number of ether oxygens (including phenoxy) is 1. The van der Waals surface area contributed by atoms with Gasteiger partial charge in [-0.3, -0.25) is 0 Å². The summed E-state index contributed by atoms with van der Waals surface area (Å²) in [5.74, 6) is 0. The number of hydrogen-bond donors (Lipinski definition) is 3. The molecule has 0 saturated carbocycles. The van der Waals surface area contributed by atoms with Crippen LogP contribution in [0.5, 0.6) is 0 Å². The van der Waals surface area contributed by atoms with Crippen molar-refractivity contribution in [2.75, 3.05) is 13.2 Å². The molecular weight excluding hydrogens is 338 g/mol. The predicted octanol–water partition coefficient (Wildman–Crippen LogP) is 5.68. The highest BCUT2D eigenvalue weighted by atomic mass is 16.5. The average Bonchev–Trinajstić information content (AvgIpc) is 2.62. The van der Waals surface area contributed by atoms with E-state index >= 15 is 0 Å². The fourth-order valence-electron chi connectivity index (χ4n) is 3.48. The Balaban J connectivity index is 3.35. The van der Waals surface area contributed by atoms with Crippen molar-refractivity contribution in [3.63, 3.8) is 0 Å². The summed E-state index contributed by atoms with van der Waals surface area (Å²) < 4.78 is 5.63. The molecule has 0 heterocycles. The van der Waals surface area contributed by atoms with E-state index in [0.29, 0.717) is 6.42 Å². The third-order valence-electron chi connectivity index (χ3n) is 5.19. The van der Waals surface area contributed by atoms with Gasteiger partial charge in [0.2, 0.25) is 0 Å². The predicted molar refractivity (Wildman–Crippen MR) is 116 cm³/mol. The molecule has 4 heteroatoms. The summed E-state index contributed by atoms with van der Waals surface area (Å²) in [6, 6.07) is 0. The Kier molecular flexibility index (Phi) is 19.1. The zero-order valence-electron chi connectivity index (χ0n) is 18.4. The molecule has 0 fully saturated rings. The number of unbranched alkanes of at least 4 members (excludes halogenated alkanes) is 14. The summed E-state index contributed by atoms with van der Waals surface area (Å²) in [5, 5.41) is 18.6. The standard InChI is InChI=1S/C23H49NO3/c1-3-4-5-6-7-8-9-10-11-12-13-14-15-16-17-18-22(19-20-25)27-21-23(2,24)26/h22,25-26H,3-21,24H2,1-2H3. The van der Waals surface area contributed by atoms with Crippen LogP contribution in [0.1, 0.15) is 123 Å². The average molecular weight is 388 g/mol. The Bertz CT molecular complexity index is 292. The lowest BCUT2D eigenvalue weighted by Gasteiger charge is -2.23. The van der Waals surface area contributed by atoms with Crippen molar-refractivity contribution < 1.29 is 14.9 Å². The van der Waals surface area contributed by atoms with Crippen LogP contribution in [0.2, 0.25) is 0 Å². The Morgan fingerprint density at radius 1 is 0.741 bits per heavy atom. The Morgan fingerprint density at radius 3 is 1.52 bits per heavy atom. The van der Waals surface area contributed by atoms with Gasteiger partial charge in [-0.15, -0.1) is 0 Å². The SMILES string of the molecule is CCCCCCCCCCCCCCCCCC(CCO)OCC(C)(N)O. The molecule has 0 spiro atoms. The Morgan fingerprint density at radius 2 is 1.15 bits per heavy atom. The van der Waals surface area contributed by atoms with Crippen LogP contribution < -0.4 is 5.73 Å². The van der Waals surface area contributed by atoms with Crippen molar-refractivity contribution >= 4 is 0 Å². The van der Waals surface area contributed by atoms with Gasteiger partial charge in [0.05, 0.1) is 12.7 Å². The zero-order valence-corrected chi connectivity index (χ0v) is 18.4. The molecule has 0 radical (unpaired) electrons. The summed E-state index contributed by atoms with van der Waals surface area (Å²) in [5.41, 5.74) is 4.24. The zero-order chi connectivity index (χ0) is 20.2. The van der Waals surface area contributed by atoms with Crippen LogP contribution in [-0.4, -0.2) is 35.3 Å². The number of rotatable bonds is 21. The quantitative estimate of drug-likeness (QED) is 0.175. The van der Waals surface area contributed by atoms with Crippen LogP contribution in [0.15, 0.2) is 0 Å². The number of aliphatic hydroxyl groups is 2. The van der Waals surface area contributed by atoms with E-state index in [1.54, 1.807) is 0 Å². The highest BCUT2D eigenvalue weighted by molar-refractivity contribution is 4.65. The third-order valence-corrected chi connectivity index (χ3v) is 5.19. The first kappa shape index (κ1) is 26.8. The summed E-state index contributed by atoms with van der Waals surface area (Å²) in [6.45, 7) is 4.06. The fraction of sp³-hybridized carbons (Fsp3) is 1.00. The second-order valence-electron chi connectivity index (χ2n) is 8.54. The monoisotopic (exact) mass is 387 g/mol. The number of hydrogen-bond acceptors (Lipinski definition) is 4. The molecule has 2 atom stereocenters. The maximum Gasteiger partial charge on any atom is 0.134 e. The van der Waals surface area contributed by atoms with Gasteiger partial charge in [-0.25, -0.2) is 0 Å². The Labute approximate surface area is 169 Å².